The van der Waals surface area contributed by atoms with Crippen LogP contribution in [0.25, 0.3) is 33.3 Å². The van der Waals surface area contributed by atoms with E-state index in [0.717, 1.165) is 46.7 Å². The highest BCUT2D eigenvalue weighted by atomic mass is 16.5. The van der Waals surface area contributed by atoms with E-state index in [4.69, 9.17) is 4.74 Å². The second-order valence-electron chi connectivity index (χ2n) is 10.1. The molecule has 2 aromatic heterocycles. The van der Waals surface area contributed by atoms with Gasteiger partial charge in [-0.25, -0.2) is 0 Å². The van der Waals surface area contributed by atoms with Gasteiger partial charge in [-0.1, -0.05) is 12.5 Å². The highest BCUT2D eigenvalue weighted by molar-refractivity contribution is 5.90. The van der Waals surface area contributed by atoms with Crippen molar-refractivity contribution in [2.75, 3.05) is 20.2 Å². The molecule has 2 aromatic carbocycles. The summed E-state index contributed by atoms with van der Waals surface area (Å²) in [6.45, 7) is 4.50. The Morgan fingerprint density at radius 1 is 1.03 bits per heavy atom. The number of nitrogens with zero attached hydrogens (tertiary/aromatic N) is 5. The summed E-state index contributed by atoms with van der Waals surface area (Å²) in [4.78, 5) is 2.58. The number of benzene rings is 2. The molecule has 1 aliphatic heterocycles. The maximum absolute atomic E-state index is 10.8. The minimum Gasteiger partial charge on any atom is -0.507 e. The van der Waals surface area contributed by atoms with Crippen LogP contribution in [0.5, 0.6) is 11.5 Å². The molecule has 2 aliphatic rings. The fraction of sp³-hybridized carbons (Fsp3) is 0.393. The molecular formula is C28H31N5O2. The monoisotopic (exact) mass is 469 g/mol. The van der Waals surface area contributed by atoms with Crippen molar-refractivity contribution in [3.8, 4) is 33.9 Å². The van der Waals surface area contributed by atoms with Gasteiger partial charge in [-0.15, -0.1) is 0 Å². The fourth-order valence-electron chi connectivity index (χ4n) is 5.43. The van der Waals surface area contributed by atoms with Crippen LogP contribution in [0.15, 0.2) is 48.7 Å². The van der Waals surface area contributed by atoms with Crippen molar-refractivity contribution in [2.45, 2.75) is 38.1 Å². The molecule has 2 fully saturated rings. The summed E-state index contributed by atoms with van der Waals surface area (Å²) < 4.78 is 7.32. The van der Waals surface area contributed by atoms with E-state index in [1.165, 1.54) is 19.3 Å². The standard InChI is InChI=1S/C28H31N5O2/c1-17(18-5-4-6-18)33-15-22(16-33)24-9-10-25(30-29-24)23-8-7-19(12-26(23)34)20-11-21-14-32(2)31-28(21)27(13-20)35-3/h7-14,17-18,22,34H,4-6,15-16H2,1-3H3. The number of aryl methyl sites for hydroxylation is 1. The van der Waals surface area contributed by atoms with E-state index in [9.17, 15) is 5.11 Å². The van der Waals surface area contributed by atoms with Gasteiger partial charge in [0.25, 0.3) is 0 Å². The van der Waals surface area contributed by atoms with Gasteiger partial charge < -0.3 is 9.84 Å². The van der Waals surface area contributed by atoms with E-state index in [-0.39, 0.29) is 5.75 Å². The number of fused-ring (bicyclic) bond motifs is 1. The number of methoxy groups -OCH3 is 1. The van der Waals surface area contributed by atoms with Crippen molar-refractivity contribution in [1.82, 2.24) is 24.9 Å². The Hall–Kier alpha value is -3.45. The van der Waals surface area contributed by atoms with Gasteiger partial charge in [-0.3, -0.25) is 9.58 Å². The molecule has 1 N–H and O–H groups in total. The molecule has 0 bridgehead atoms. The van der Waals surface area contributed by atoms with Crippen molar-refractivity contribution < 1.29 is 9.84 Å². The number of hydrogen-bond donors (Lipinski definition) is 1. The summed E-state index contributed by atoms with van der Waals surface area (Å²) >= 11 is 0. The van der Waals surface area contributed by atoms with E-state index in [1.807, 2.05) is 37.5 Å². The zero-order valence-electron chi connectivity index (χ0n) is 20.5. The predicted molar refractivity (Wildman–Crippen MR) is 137 cm³/mol. The summed E-state index contributed by atoms with van der Waals surface area (Å²) in [6, 6.07) is 14.4. The SMILES string of the molecule is COc1cc(-c2ccc(-c3ccc(C4CN(C(C)C5CCC5)C4)nn3)c(O)c2)cc2cn(C)nc12. The molecule has 0 spiro atoms. The van der Waals surface area contributed by atoms with Gasteiger partial charge >= 0.3 is 0 Å². The summed E-state index contributed by atoms with van der Waals surface area (Å²) in [7, 11) is 3.54. The lowest BCUT2D eigenvalue weighted by Gasteiger charge is -2.47. The lowest BCUT2D eigenvalue weighted by atomic mass is 9.78. The number of ether oxygens (including phenoxy) is 1. The molecule has 1 saturated heterocycles. The Morgan fingerprint density at radius 2 is 1.86 bits per heavy atom. The fourth-order valence-corrected chi connectivity index (χ4v) is 5.43. The third kappa shape index (κ3) is 3.93. The minimum absolute atomic E-state index is 0.180. The van der Waals surface area contributed by atoms with Crippen molar-refractivity contribution >= 4 is 10.9 Å². The van der Waals surface area contributed by atoms with E-state index < -0.39 is 0 Å². The molecule has 4 aromatic rings. The Bertz CT molecular complexity index is 1370. The van der Waals surface area contributed by atoms with Gasteiger partial charge in [-0.05, 0) is 73.2 Å². The van der Waals surface area contributed by atoms with Gasteiger partial charge in [0.1, 0.15) is 17.0 Å². The maximum Gasteiger partial charge on any atom is 0.147 e. The molecular weight excluding hydrogens is 438 g/mol. The normalized spacial score (nSPS) is 17.8. The number of hydrogen-bond acceptors (Lipinski definition) is 6. The third-order valence-electron chi connectivity index (χ3n) is 7.94. The first kappa shape index (κ1) is 22.0. The zero-order valence-corrected chi connectivity index (χ0v) is 20.5. The molecule has 35 heavy (non-hydrogen) atoms. The number of aromatic hydroxyl groups is 1. The molecule has 0 radical (unpaired) electrons. The number of aromatic nitrogens is 4. The lowest BCUT2D eigenvalue weighted by Crippen LogP contribution is -2.53. The summed E-state index contributed by atoms with van der Waals surface area (Å²) in [5.74, 6) is 2.22. The first-order valence-electron chi connectivity index (χ1n) is 12.4. The van der Waals surface area contributed by atoms with Crippen LogP contribution in [0.4, 0.5) is 0 Å². The van der Waals surface area contributed by atoms with Crippen LogP contribution < -0.4 is 4.74 Å². The lowest BCUT2D eigenvalue weighted by molar-refractivity contribution is 0.0394. The molecule has 7 heteroatoms. The molecule has 1 atom stereocenters. The van der Waals surface area contributed by atoms with E-state index in [2.05, 4.69) is 39.3 Å². The van der Waals surface area contributed by atoms with Crippen LogP contribution >= 0.6 is 0 Å². The molecule has 180 valence electrons. The van der Waals surface area contributed by atoms with Crippen LogP contribution in [-0.2, 0) is 7.05 Å². The average molecular weight is 470 g/mol. The quantitative estimate of drug-likeness (QED) is 0.428. The van der Waals surface area contributed by atoms with E-state index >= 15 is 0 Å². The van der Waals surface area contributed by atoms with Gasteiger partial charge in [0, 0.05) is 49.2 Å². The van der Waals surface area contributed by atoms with Gasteiger partial charge in [0.2, 0.25) is 0 Å². The molecule has 1 unspecified atom stereocenters. The van der Waals surface area contributed by atoms with Crippen molar-refractivity contribution in [1.29, 1.82) is 0 Å². The minimum atomic E-state index is 0.180. The first-order chi connectivity index (χ1) is 17.0. The Labute approximate surface area is 205 Å². The van der Waals surface area contributed by atoms with Crippen molar-refractivity contribution in [2.24, 2.45) is 13.0 Å². The van der Waals surface area contributed by atoms with Crippen LogP contribution in [0, 0.1) is 5.92 Å². The van der Waals surface area contributed by atoms with E-state index in [0.29, 0.717) is 29.0 Å². The van der Waals surface area contributed by atoms with E-state index in [1.54, 1.807) is 17.9 Å². The molecule has 7 nitrogen and oxygen atoms in total. The molecule has 3 heterocycles. The number of rotatable bonds is 6. The second-order valence-corrected chi connectivity index (χ2v) is 10.1. The number of phenolic OH excluding ortho intramolecular Hbond substituents is 1. The highest BCUT2D eigenvalue weighted by Crippen LogP contribution is 2.38. The number of phenols is 1. The molecule has 1 saturated carbocycles. The van der Waals surface area contributed by atoms with Gasteiger partial charge in [-0.2, -0.15) is 15.3 Å². The zero-order chi connectivity index (χ0) is 24.1. The molecule has 0 amide bonds. The van der Waals surface area contributed by atoms with Crippen molar-refractivity contribution in [3.05, 3.63) is 54.4 Å². The Balaban J connectivity index is 1.19. The summed E-state index contributed by atoms with van der Waals surface area (Å²) in [5, 5.41) is 25.3. The summed E-state index contributed by atoms with van der Waals surface area (Å²) in [5.41, 5.74) is 5.07. The highest BCUT2D eigenvalue weighted by Gasteiger charge is 2.37. The Kier molecular flexibility index (Phi) is 5.44. The first-order valence-corrected chi connectivity index (χ1v) is 12.4. The largest absolute Gasteiger partial charge is 0.507 e. The van der Waals surface area contributed by atoms with Gasteiger partial charge in [0.15, 0.2) is 0 Å². The van der Waals surface area contributed by atoms with Gasteiger partial charge in [0.05, 0.1) is 18.5 Å². The van der Waals surface area contributed by atoms with Crippen LogP contribution in [0.1, 0.15) is 37.8 Å². The van der Waals surface area contributed by atoms with Crippen molar-refractivity contribution in [3.63, 3.8) is 0 Å². The second kappa shape index (κ2) is 8.64. The topological polar surface area (TPSA) is 76.3 Å². The van der Waals surface area contributed by atoms with Crippen LogP contribution in [-0.4, -0.2) is 56.2 Å². The molecule has 1 aliphatic carbocycles. The number of likely N-dealkylation sites (tertiary alicyclic amines) is 1. The predicted octanol–water partition coefficient (Wildman–Crippen LogP) is 5.00. The molecule has 6 rings (SSSR count). The van der Waals surface area contributed by atoms with Crippen LogP contribution in [0.3, 0.4) is 0 Å². The Morgan fingerprint density at radius 3 is 2.51 bits per heavy atom. The third-order valence-corrected chi connectivity index (χ3v) is 7.94. The average Bonchev–Trinajstić information content (AvgIpc) is 3.17. The summed E-state index contributed by atoms with van der Waals surface area (Å²) in [6.07, 6.45) is 6.11. The smallest absolute Gasteiger partial charge is 0.147 e. The van der Waals surface area contributed by atoms with Crippen LogP contribution in [0.2, 0.25) is 0 Å². The maximum atomic E-state index is 10.8.